The second-order valence-corrected chi connectivity index (χ2v) is 2.44. The van der Waals surface area contributed by atoms with E-state index in [4.69, 9.17) is 5.73 Å². The van der Waals surface area contributed by atoms with Crippen LogP contribution in [0.5, 0.6) is 0 Å². The molecule has 0 saturated carbocycles. The highest BCUT2D eigenvalue weighted by Gasteiger charge is 2.11. The molecule has 1 saturated heterocycles. The van der Waals surface area contributed by atoms with E-state index in [0.717, 1.165) is 12.5 Å². The van der Waals surface area contributed by atoms with E-state index >= 15 is 0 Å². The Morgan fingerprint density at radius 3 is 3.00 bits per heavy atom. The lowest BCUT2D eigenvalue weighted by molar-refractivity contribution is 0.541. The van der Waals surface area contributed by atoms with Crippen LogP contribution in [0.3, 0.4) is 0 Å². The lowest BCUT2D eigenvalue weighted by Gasteiger charge is -2.02. The summed E-state index contributed by atoms with van der Waals surface area (Å²) in [5.41, 5.74) is 5.38. The molecule has 8 heavy (non-hydrogen) atoms. The molecule has 1 aliphatic heterocycles. The van der Waals surface area contributed by atoms with Gasteiger partial charge in [-0.1, -0.05) is 0 Å². The Morgan fingerprint density at radius 1 is 1.62 bits per heavy atom. The molecule has 0 amide bonds. The van der Waals surface area contributed by atoms with Crippen molar-refractivity contribution in [2.24, 2.45) is 11.7 Å². The van der Waals surface area contributed by atoms with Gasteiger partial charge in [0.05, 0.1) is 0 Å². The first-order chi connectivity index (χ1) is 3.93. The molecule has 3 N–H and O–H groups in total. The summed E-state index contributed by atoms with van der Waals surface area (Å²) in [6, 6.07) is 0. The first-order valence-electron chi connectivity index (χ1n) is 3.34. The Morgan fingerprint density at radius 2 is 2.50 bits per heavy atom. The summed E-state index contributed by atoms with van der Waals surface area (Å²) in [7, 11) is 0. The summed E-state index contributed by atoms with van der Waals surface area (Å²) in [4.78, 5) is 0. The molecule has 1 rings (SSSR count). The van der Waals surface area contributed by atoms with Crippen molar-refractivity contribution in [3.63, 3.8) is 0 Å². The van der Waals surface area contributed by atoms with Gasteiger partial charge in [-0.2, -0.15) is 0 Å². The van der Waals surface area contributed by atoms with Gasteiger partial charge in [-0.3, -0.25) is 0 Å². The van der Waals surface area contributed by atoms with Crippen LogP contribution in [-0.2, 0) is 0 Å². The average molecular weight is 114 g/mol. The number of rotatable bonds is 2. The van der Waals surface area contributed by atoms with E-state index in [1.807, 2.05) is 0 Å². The van der Waals surface area contributed by atoms with Crippen LogP contribution in [0.15, 0.2) is 0 Å². The summed E-state index contributed by atoms with van der Waals surface area (Å²) in [6.07, 6.45) is 2.53. The smallest absolute Gasteiger partial charge is 0.00196 e. The Kier molecular flexibility index (Phi) is 2.30. The normalized spacial score (nSPS) is 28.9. The van der Waals surface area contributed by atoms with Crippen molar-refractivity contribution < 1.29 is 0 Å². The zero-order valence-corrected chi connectivity index (χ0v) is 5.19. The lowest BCUT2D eigenvalue weighted by Crippen LogP contribution is -2.12. The van der Waals surface area contributed by atoms with Crippen molar-refractivity contribution >= 4 is 0 Å². The van der Waals surface area contributed by atoms with Crippen LogP contribution in [0.25, 0.3) is 0 Å². The third-order valence-corrected chi connectivity index (χ3v) is 1.74. The van der Waals surface area contributed by atoms with Crippen LogP contribution < -0.4 is 11.1 Å². The second kappa shape index (κ2) is 3.05. The third-order valence-electron chi connectivity index (χ3n) is 1.74. The third kappa shape index (κ3) is 1.46. The zero-order chi connectivity index (χ0) is 5.82. The summed E-state index contributed by atoms with van der Waals surface area (Å²) >= 11 is 0. The van der Waals surface area contributed by atoms with Crippen molar-refractivity contribution in [1.82, 2.24) is 5.32 Å². The Labute approximate surface area is 50.4 Å². The Balaban J connectivity index is 2.06. The molecule has 0 aromatic rings. The molecule has 1 heterocycles. The van der Waals surface area contributed by atoms with Crippen LogP contribution in [0, 0.1) is 5.92 Å². The minimum atomic E-state index is 0.854. The van der Waals surface area contributed by atoms with Gasteiger partial charge >= 0.3 is 0 Å². The maximum absolute atomic E-state index is 5.38. The van der Waals surface area contributed by atoms with Gasteiger partial charge in [0.1, 0.15) is 0 Å². The van der Waals surface area contributed by atoms with Crippen molar-refractivity contribution in [3.05, 3.63) is 0 Å². The summed E-state index contributed by atoms with van der Waals surface area (Å²) in [5, 5.41) is 3.30. The van der Waals surface area contributed by atoms with Crippen LogP contribution in [-0.4, -0.2) is 19.6 Å². The molecule has 0 aliphatic carbocycles. The fourth-order valence-electron chi connectivity index (χ4n) is 1.20. The van der Waals surface area contributed by atoms with Crippen molar-refractivity contribution in [1.29, 1.82) is 0 Å². The topological polar surface area (TPSA) is 38.0 Å². The van der Waals surface area contributed by atoms with Gasteiger partial charge < -0.3 is 11.1 Å². The minimum Gasteiger partial charge on any atom is -0.330 e. The van der Waals surface area contributed by atoms with Gasteiger partial charge in [0.25, 0.3) is 0 Å². The standard InChI is InChI=1S/C6H14N2/c7-3-1-6-2-4-8-5-6/h6,8H,1-5,7H2/t6-/m0/s1. The van der Waals surface area contributed by atoms with Crippen LogP contribution >= 0.6 is 0 Å². The molecular formula is C6H14N2. The highest BCUT2D eigenvalue weighted by Crippen LogP contribution is 2.09. The number of nitrogens with one attached hydrogen (secondary N) is 1. The molecule has 0 unspecified atom stereocenters. The van der Waals surface area contributed by atoms with E-state index in [0.29, 0.717) is 0 Å². The van der Waals surface area contributed by atoms with Crippen LogP contribution in [0.4, 0.5) is 0 Å². The molecule has 1 fully saturated rings. The molecule has 1 aliphatic rings. The van der Waals surface area contributed by atoms with Gasteiger partial charge in [0.2, 0.25) is 0 Å². The Bertz CT molecular complexity index is 57.5. The molecule has 2 heteroatoms. The van der Waals surface area contributed by atoms with Gasteiger partial charge in [-0.25, -0.2) is 0 Å². The first kappa shape index (κ1) is 6.05. The zero-order valence-electron chi connectivity index (χ0n) is 5.19. The molecule has 0 radical (unpaired) electrons. The van der Waals surface area contributed by atoms with E-state index in [1.54, 1.807) is 0 Å². The van der Waals surface area contributed by atoms with Gasteiger partial charge in [-0.15, -0.1) is 0 Å². The summed E-state index contributed by atoms with van der Waals surface area (Å²) in [6.45, 7) is 3.24. The van der Waals surface area contributed by atoms with Crippen LogP contribution in [0.2, 0.25) is 0 Å². The van der Waals surface area contributed by atoms with Crippen molar-refractivity contribution in [2.75, 3.05) is 19.6 Å². The SMILES string of the molecule is NCC[C@H]1CCNC1. The molecule has 2 nitrogen and oxygen atoms in total. The monoisotopic (exact) mass is 114 g/mol. The Hall–Kier alpha value is -0.0800. The predicted octanol–water partition coefficient (Wildman–Crippen LogP) is -0.0553. The maximum Gasteiger partial charge on any atom is -0.00196 e. The number of hydrogen-bond acceptors (Lipinski definition) is 2. The highest BCUT2D eigenvalue weighted by molar-refractivity contribution is 4.70. The lowest BCUT2D eigenvalue weighted by atomic mass is 10.1. The molecule has 48 valence electrons. The average Bonchev–Trinajstić information content (AvgIpc) is 2.19. The van der Waals surface area contributed by atoms with Gasteiger partial charge in [-0.05, 0) is 38.4 Å². The van der Waals surface area contributed by atoms with E-state index in [2.05, 4.69) is 5.32 Å². The van der Waals surface area contributed by atoms with E-state index in [-0.39, 0.29) is 0 Å². The van der Waals surface area contributed by atoms with E-state index in [9.17, 15) is 0 Å². The highest BCUT2D eigenvalue weighted by atomic mass is 14.9. The molecule has 0 bridgehead atoms. The van der Waals surface area contributed by atoms with Crippen molar-refractivity contribution in [2.45, 2.75) is 12.8 Å². The van der Waals surface area contributed by atoms with E-state index in [1.165, 1.54) is 25.9 Å². The maximum atomic E-state index is 5.38. The van der Waals surface area contributed by atoms with Gasteiger partial charge in [0.15, 0.2) is 0 Å². The quantitative estimate of drug-likeness (QED) is 0.528. The molecule has 0 aromatic heterocycles. The molecule has 1 atom stereocenters. The fraction of sp³-hybridized carbons (Fsp3) is 1.00. The van der Waals surface area contributed by atoms with Crippen molar-refractivity contribution in [3.8, 4) is 0 Å². The summed E-state index contributed by atoms with van der Waals surface area (Å²) < 4.78 is 0. The van der Waals surface area contributed by atoms with Crippen LogP contribution in [0.1, 0.15) is 12.8 Å². The van der Waals surface area contributed by atoms with E-state index < -0.39 is 0 Å². The number of nitrogens with two attached hydrogens (primary N) is 1. The summed E-state index contributed by atoms with van der Waals surface area (Å²) in [5.74, 6) is 0.875. The fourth-order valence-corrected chi connectivity index (χ4v) is 1.20. The molecular weight excluding hydrogens is 100 g/mol. The first-order valence-corrected chi connectivity index (χ1v) is 3.34. The number of hydrogen-bond donors (Lipinski definition) is 2. The predicted molar refractivity (Wildman–Crippen MR) is 34.6 cm³/mol. The molecule has 0 spiro atoms. The second-order valence-electron chi connectivity index (χ2n) is 2.44. The largest absolute Gasteiger partial charge is 0.330 e. The minimum absolute atomic E-state index is 0.854. The molecule has 0 aromatic carbocycles. The van der Waals surface area contributed by atoms with Gasteiger partial charge in [0, 0.05) is 0 Å².